The van der Waals surface area contributed by atoms with Gasteiger partial charge in [-0.05, 0) is 6.42 Å². The van der Waals surface area contributed by atoms with Gasteiger partial charge >= 0.3 is 12.0 Å². The molecule has 1 rings (SSSR count). The van der Waals surface area contributed by atoms with E-state index < -0.39 is 5.97 Å². The van der Waals surface area contributed by atoms with Crippen molar-refractivity contribution in [3.05, 3.63) is 0 Å². The molecule has 0 aromatic heterocycles. The molecule has 6 nitrogen and oxygen atoms in total. The van der Waals surface area contributed by atoms with Crippen LogP contribution in [0.1, 0.15) is 13.3 Å². The van der Waals surface area contributed by atoms with E-state index in [4.69, 9.17) is 5.11 Å². The molecule has 2 amide bonds. The molecule has 16 heavy (non-hydrogen) atoms. The zero-order chi connectivity index (χ0) is 12.0. The van der Waals surface area contributed by atoms with Crippen molar-refractivity contribution >= 4 is 12.0 Å². The minimum atomic E-state index is -0.816. The largest absolute Gasteiger partial charge is 0.480 e. The van der Waals surface area contributed by atoms with Crippen LogP contribution in [-0.2, 0) is 4.79 Å². The van der Waals surface area contributed by atoms with Crippen molar-refractivity contribution in [3.63, 3.8) is 0 Å². The SMILES string of the molecule is CCCNC(=O)N1CCN(CC(=O)O)CC1. The molecule has 1 fully saturated rings. The highest BCUT2D eigenvalue weighted by Gasteiger charge is 2.21. The molecular formula is C10H19N3O3. The summed E-state index contributed by atoms with van der Waals surface area (Å²) in [5, 5.41) is 11.4. The van der Waals surface area contributed by atoms with Crippen LogP contribution >= 0.6 is 0 Å². The summed E-state index contributed by atoms with van der Waals surface area (Å²) in [4.78, 5) is 25.6. The molecule has 2 N–H and O–H groups in total. The molecule has 0 aromatic carbocycles. The third kappa shape index (κ3) is 4.06. The summed E-state index contributed by atoms with van der Waals surface area (Å²) in [5.74, 6) is -0.816. The predicted molar refractivity (Wildman–Crippen MR) is 59.3 cm³/mol. The van der Waals surface area contributed by atoms with Gasteiger partial charge in [0.2, 0.25) is 0 Å². The van der Waals surface area contributed by atoms with Crippen molar-refractivity contribution in [1.29, 1.82) is 0 Å². The second-order valence-corrected chi connectivity index (χ2v) is 3.89. The van der Waals surface area contributed by atoms with Crippen LogP contribution in [0.5, 0.6) is 0 Å². The highest BCUT2D eigenvalue weighted by atomic mass is 16.4. The van der Waals surface area contributed by atoms with Crippen LogP contribution in [0.3, 0.4) is 0 Å². The molecule has 0 aromatic rings. The molecular weight excluding hydrogens is 210 g/mol. The average Bonchev–Trinajstić information content (AvgIpc) is 2.26. The first-order valence-electron chi connectivity index (χ1n) is 5.60. The van der Waals surface area contributed by atoms with Crippen LogP contribution in [0.2, 0.25) is 0 Å². The minimum absolute atomic E-state index is 0.0446. The first-order chi connectivity index (χ1) is 7.63. The number of urea groups is 1. The molecule has 1 aliphatic heterocycles. The van der Waals surface area contributed by atoms with Crippen molar-refractivity contribution in [2.24, 2.45) is 0 Å². The first-order valence-corrected chi connectivity index (χ1v) is 5.60. The summed E-state index contributed by atoms with van der Waals surface area (Å²) in [7, 11) is 0. The zero-order valence-electron chi connectivity index (χ0n) is 9.61. The monoisotopic (exact) mass is 229 g/mol. The second kappa shape index (κ2) is 6.32. The molecule has 1 heterocycles. The number of carbonyl (C=O) groups excluding carboxylic acids is 1. The maximum Gasteiger partial charge on any atom is 0.317 e. The molecule has 6 heteroatoms. The van der Waals surface area contributed by atoms with Crippen LogP contribution in [0.4, 0.5) is 4.79 Å². The van der Waals surface area contributed by atoms with Crippen LogP contribution in [0, 0.1) is 0 Å². The van der Waals surface area contributed by atoms with Crippen molar-refractivity contribution in [3.8, 4) is 0 Å². The number of carbonyl (C=O) groups is 2. The van der Waals surface area contributed by atoms with Crippen molar-refractivity contribution in [2.75, 3.05) is 39.3 Å². The molecule has 0 saturated carbocycles. The van der Waals surface area contributed by atoms with Gasteiger partial charge in [0.25, 0.3) is 0 Å². The van der Waals surface area contributed by atoms with Gasteiger partial charge in [0.05, 0.1) is 6.54 Å². The Bertz CT molecular complexity index is 250. The number of hydrogen-bond donors (Lipinski definition) is 2. The van der Waals surface area contributed by atoms with Crippen molar-refractivity contribution in [2.45, 2.75) is 13.3 Å². The topological polar surface area (TPSA) is 72.9 Å². The van der Waals surface area contributed by atoms with Gasteiger partial charge in [0, 0.05) is 32.7 Å². The van der Waals surface area contributed by atoms with E-state index in [0.717, 1.165) is 6.42 Å². The number of amides is 2. The maximum absolute atomic E-state index is 11.6. The lowest BCUT2D eigenvalue weighted by molar-refractivity contribution is -0.138. The highest BCUT2D eigenvalue weighted by molar-refractivity contribution is 5.74. The van der Waals surface area contributed by atoms with Gasteiger partial charge in [-0.15, -0.1) is 0 Å². The number of piperazine rings is 1. The maximum atomic E-state index is 11.6. The Morgan fingerprint density at radius 3 is 2.38 bits per heavy atom. The number of carboxylic acid groups (broad SMARTS) is 1. The third-order valence-corrected chi connectivity index (χ3v) is 2.54. The van der Waals surface area contributed by atoms with E-state index in [1.807, 2.05) is 11.8 Å². The summed E-state index contributed by atoms with van der Waals surface area (Å²) < 4.78 is 0. The van der Waals surface area contributed by atoms with Crippen LogP contribution in [0.15, 0.2) is 0 Å². The number of hydrogen-bond acceptors (Lipinski definition) is 3. The number of rotatable bonds is 4. The molecule has 1 aliphatic rings. The lowest BCUT2D eigenvalue weighted by Gasteiger charge is -2.33. The second-order valence-electron chi connectivity index (χ2n) is 3.89. The van der Waals surface area contributed by atoms with E-state index in [2.05, 4.69) is 5.32 Å². The Morgan fingerprint density at radius 1 is 1.25 bits per heavy atom. The average molecular weight is 229 g/mol. The van der Waals surface area contributed by atoms with E-state index in [1.165, 1.54) is 0 Å². The van der Waals surface area contributed by atoms with Gasteiger partial charge in [0.1, 0.15) is 0 Å². The van der Waals surface area contributed by atoms with Gasteiger partial charge < -0.3 is 15.3 Å². The van der Waals surface area contributed by atoms with E-state index in [0.29, 0.717) is 32.7 Å². The quantitative estimate of drug-likeness (QED) is 0.700. The van der Waals surface area contributed by atoms with Gasteiger partial charge in [0.15, 0.2) is 0 Å². The van der Waals surface area contributed by atoms with Crippen LogP contribution < -0.4 is 5.32 Å². The Labute approximate surface area is 95.2 Å². The lowest BCUT2D eigenvalue weighted by Crippen LogP contribution is -2.52. The van der Waals surface area contributed by atoms with Gasteiger partial charge in [-0.25, -0.2) is 4.79 Å². The molecule has 0 radical (unpaired) electrons. The van der Waals surface area contributed by atoms with E-state index in [-0.39, 0.29) is 12.6 Å². The first kappa shape index (κ1) is 12.8. The minimum Gasteiger partial charge on any atom is -0.480 e. The van der Waals surface area contributed by atoms with Gasteiger partial charge in [-0.1, -0.05) is 6.92 Å². The predicted octanol–water partition coefficient (Wildman–Crippen LogP) is -0.192. The fourth-order valence-electron chi connectivity index (χ4n) is 1.64. The number of carboxylic acids is 1. The van der Waals surface area contributed by atoms with Crippen molar-refractivity contribution < 1.29 is 14.7 Å². The Kier molecular flexibility index (Phi) is 5.04. The Morgan fingerprint density at radius 2 is 1.88 bits per heavy atom. The molecule has 1 saturated heterocycles. The summed E-state index contributed by atoms with van der Waals surface area (Å²) in [6.45, 7) is 5.22. The smallest absolute Gasteiger partial charge is 0.317 e. The van der Waals surface area contributed by atoms with Crippen LogP contribution in [0.25, 0.3) is 0 Å². The summed E-state index contributed by atoms with van der Waals surface area (Å²) >= 11 is 0. The van der Waals surface area contributed by atoms with Crippen LogP contribution in [-0.4, -0.2) is 66.2 Å². The Balaban J connectivity index is 2.25. The van der Waals surface area contributed by atoms with Gasteiger partial charge in [-0.3, -0.25) is 9.69 Å². The standard InChI is InChI=1S/C10H19N3O3/c1-2-3-11-10(16)13-6-4-12(5-7-13)8-9(14)15/h2-8H2,1H3,(H,11,16)(H,14,15). The summed E-state index contributed by atoms with van der Waals surface area (Å²) in [5.41, 5.74) is 0. The summed E-state index contributed by atoms with van der Waals surface area (Å²) in [6.07, 6.45) is 0.921. The van der Waals surface area contributed by atoms with E-state index in [9.17, 15) is 9.59 Å². The van der Waals surface area contributed by atoms with Gasteiger partial charge in [-0.2, -0.15) is 0 Å². The fraction of sp³-hybridized carbons (Fsp3) is 0.800. The summed E-state index contributed by atoms with van der Waals surface area (Å²) in [6, 6.07) is -0.0446. The van der Waals surface area contributed by atoms with E-state index >= 15 is 0 Å². The molecule has 0 bridgehead atoms. The normalized spacial score (nSPS) is 17.2. The molecule has 0 spiro atoms. The molecule has 92 valence electrons. The zero-order valence-corrected chi connectivity index (χ0v) is 9.61. The van der Waals surface area contributed by atoms with E-state index in [1.54, 1.807) is 4.90 Å². The Hall–Kier alpha value is -1.30. The molecule has 0 unspecified atom stereocenters. The number of aliphatic carboxylic acids is 1. The number of nitrogens with one attached hydrogen (secondary N) is 1. The lowest BCUT2D eigenvalue weighted by atomic mass is 10.3. The highest BCUT2D eigenvalue weighted by Crippen LogP contribution is 2.01. The fourth-order valence-corrected chi connectivity index (χ4v) is 1.64. The third-order valence-electron chi connectivity index (χ3n) is 2.54. The molecule has 0 atom stereocenters. The molecule has 0 aliphatic carbocycles. The number of nitrogens with zero attached hydrogens (tertiary/aromatic N) is 2. The van der Waals surface area contributed by atoms with Crippen molar-refractivity contribution in [1.82, 2.24) is 15.1 Å².